The first-order valence-electron chi connectivity index (χ1n) is 11.2. The van der Waals surface area contributed by atoms with Crippen LogP contribution >= 0.6 is 0 Å². The standard InChI is InChI=1S/C24H35N3O2/c1-5-27(6-2)23(28)22-16(3)20-13-18-15-25-11-10-24(18,14-21(20)26-22)17-8-7-9-19(12-17)29-4/h7-9,12,14,16,18,20,22,25-26H,5-6,10-11,13,15H2,1-4H3. The van der Waals surface area contributed by atoms with Gasteiger partial charge in [-0.05, 0) is 69.3 Å². The average molecular weight is 398 g/mol. The van der Waals surface area contributed by atoms with E-state index in [1.54, 1.807) is 7.11 Å². The number of piperidine rings is 1. The number of amides is 1. The van der Waals surface area contributed by atoms with Crippen molar-refractivity contribution in [3.05, 3.63) is 41.6 Å². The number of hydrogen-bond acceptors (Lipinski definition) is 4. The number of rotatable bonds is 5. The van der Waals surface area contributed by atoms with Crippen LogP contribution in [0.4, 0.5) is 0 Å². The third-order valence-electron chi connectivity index (χ3n) is 7.62. The van der Waals surface area contributed by atoms with Crippen molar-refractivity contribution < 1.29 is 9.53 Å². The Morgan fingerprint density at radius 1 is 1.31 bits per heavy atom. The number of allylic oxidation sites excluding steroid dienone is 2. The molecule has 0 bridgehead atoms. The number of carbonyl (C=O) groups is 1. The van der Waals surface area contributed by atoms with Crippen LogP contribution < -0.4 is 15.4 Å². The van der Waals surface area contributed by atoms with E-state index < -0.39 is 0 Å². The summed E-state index contributed by atoms with van der Waals surface area (Å²) in [5, 5.41) is 7.28. The van der Waals surface area contributed by atoms with Crippen molar-refractivity contribution in [1.29, 1.82) is 0 Å². The first-order valence-corrected chi connectivity index (χ1v) is 11.2. The van der Waals surface area contributed by atoms with Crippen LogP contribution in [0.1, 0.15) is 39.2 Å². The maximum atomic E-state index is 13.1. The summed E-state index contributed by atoms with van der Waals surface area (Å²) in [6, 6.07) is 8.46. The molecule has 0 spiro atoms. The second-order valence-electron chi connectivity index (χ2n) is 8.86. The highest BCUT2D eigenvalue weighted by molar-refractivity contribution is 5.83. The highest BCUT2D eigenvalue weighted by atomic mass is 16.5. The van der Waals surface area contributed by atoms with E-state index in [-0.39, 0.29) is 17.4 Å². The molecule has 0 saturated carbocycles. The zero-order chi connectivity index (χ0) is 20.6. The van der Waals surface area contributed by atoms with Crippen molar-refractivity contribution in [3.63, 3.8) is 0 Å². The van der Waals surface area contributed by atoms with E-state index in [4.69, 9.17) is 4.74 Å². The zero-order valence-electron chi connectivity index (χ0n) is 18.2. The normalized spacial score (nSPS) is 33.2. The molecule has 4 rings (SSSR count). The predicted molar refractivity (Wildman–Crippen MR) is 116 cm³/mol. The van der Waals surface area contributed by atoms with Crippen LogP contribution in [0.15, 0.2) is 36.0 Å². The van der Waals surface area contributed by atoms with Gasteiger partial charge in [-0.2, -0.15) is 0 Å². The second-order valence-corrected chi connectivity index (χ2v) is 8.86. The number of likely N-dealkylation sites (N-methyl/N-ethyl adjacent to an activating group) is 1. The van der Waals surface area contributed by atoms with Crippen LogP contribution in [0.5, 0.6) is 5.75 Å². The van der Waals surface area contributed by atoms with E-state index in [0.29, 0.717) is 17.8 Å². The molecule has 2 heterocycles. The van der Waals surface area contributed by atoms with Gasteiger partial charge in [-0.15, -0.1) is 0 Å². The van der Waals surface area contributed by atoms with Gasteiger partial charge in [0.25, 0.3) is 0 Å². The van der Waals surface area contributed by atoms with Crippen LogP contribution in [-0.2, 0) is 10.2 Å². The quantitative estimate of drug-likeness (QED) is 0.802. The van der Waals surface area contributed by atoms with Gasteiger partial charge in [-0.3, -0.25) is 4.79 Å². The molecule has 5 nitrogen and oxygen atoms in total. The summed E-state index contributed by atoms with van der Waals surface area (Å²) in [6.45, 7) is 9.95. The summed E-state index contributed by atoms with van der Waals surface area (Å²) in [5.41, 5.74) is 2.62. The molecule has 2 aliphatic heterocycles. The topological polar surface area (TPSA) is 53.6 Å². The monoisotopic (exact) mass is 397 g/mol. The first-order chi connectivity index (χ1) is 14.0. The highest BCUT2D eigenvalue weighted by Crippen LogP contribution is 2.51. The lowest BCUT2D eigenvalue weighted by atomic mass is 9.59. The van der Waals surface area contributed by atoms with Gasteiger partial charge in [0, 0.05) is 30.1 Å². The maximum Gasteiger partial charge on any atom is 0.245 e. The molecule has 5 heteroatoms. The smallest absolute Gasteiger partial charge is 0.245 e. The summed E-state index contributed by atoms with van der Waals surface area (Å²) < 4.78 is 5.52. The highest BCUT2D eigenvalue weighted by Gasteiger charge is 2.51. The summed E-state index contributed by atoms with van der Waals surface area (Å²) >= 11 is 0. The number of nitrogens with one attached hydrogen (secondary N) is 2. The molecular weight excluding hydrogens is 362 g/mol. The number of benzene rings is 1. The van der Waals surface area contributed by atoms with Crippen molar-refractivity contribution in [3.8, 4) is 5.75 Å². The third-order valence-corrected chi connectivity index (χ3v) is 7.62. The maximum absolute atomic E-state index is 13.1. The largest absolute Gasteiger partial charge is 0.497 e. The molecule has 1 amide bonds. The van der Waals surface area contributed by atoms with E-state index in [9.17, 15) is 4.79 Å². The summed E-state index contributed by atoms with van der Waals surface area (Å²) in [7, 11) is 1.73. The van der Waals surface area contributed by atoms with E-state index in [0.717, 1.165) is 44.8 Å². The average Bonchev–Trinajstić information content (AvgIpc) is 3.08. The van der Waals surface area contributed by atoms with Crippen LogP contribution in [0.3, 0.4) is 0 Å². The number of carbonyl (C=O) groups excluding carboxylic acids is 1. The van der Waals surface area contributed by atoms with Crippen LogP contribution in [-0.4, -0.2) is 50.1 Å². The van der Waals surface area contributed by atoms with Crippen molar-refractivity contribution in [1.82, 2.24) is 15.5 Å². The number of methoxy groups -OCH3 is 1. The number of fused-ring (bicyclic) bond motifs is 2. The molecule has 29 heavy (non-hydrogen) atoms. The molecule has 5 atom stereocenters. The molecule has 1 aromatic rings. The Morgan fingerprint density at radius 2 is 2.10 bits per heavy atom. The molecule has 2 fully saturated rings. The molecular formula is C24H35N3O2. The fourth-order valence-corrected chi connectivity index (χ4v) is 5.84. The summed E-state index contributed by atoms with van der Waals surface area (Å²) in [4.78, 5) is 15.1. The van der Waals surface area contributed by atoms with Gasteiger partial charge in [0.05, 0.1) is 7.11 Å². The van der Waals surface area contributed by atoms with Gasteiger partial charge in [0.15, 0.2) is 0 Å². The van der Waals surface area contributed by atoms with Crippen molar-refractivity contribution in [2.75, 3.05) is 33.3 Å². The van der Waals surface area contributed by atoms with Crippen molar-refractivity contribution >= 4 is 5.91 Å². The Labute approximate surface area is 174 Å². The predicted octanol–water partition coefficient (Wildman–Crippen LogP) is 2.92. The molecule has 2 N–H and O–H groups in total. The summed E-state index contributed by atoms with van der Waals surface area (Å²) in [6.07, 6.45) is 4.67. The zero-order valence-corrected chi connectivity index (χ0v) is 18.2. The molecule has 3 aliphatic rings. The molecule has 0 radical (unpaired) electrons. The van der Waals surface area contributed by atoms with Gasteiger partial charge in [0.2, 0.25) is 5.91 Å². The Morgan fingerprint density at radius 3 is 2.83 bits per heavy atom. The third kappa shape index (κ3) is 3.33. The number of ether oxygens (including phenoxy) is 1. The van der Waals surface area contributed by atoms with Crippen molar-refractivity contribution in [2.45, 2.75) is 45.1 Å². The van der Waals surface area contributed by atoms with Gasteiger partial charge >= 0.3 is 0 Å². The second kappa shape index (κ2) is 8.02. The Bertz CT molecular complexity index is 788. The Kier molecular flexibility index (Phi) is 5.60. The molecule has 5 unspecified atom stereocenters. The van der Waals surface area contributed by atoms with Gasteiger partial charge in [-0.1, -0.05) is 25.1 Å². The Balaban J connectivity index is 1.71. The SMILES string of the molecule is CCN(CC)C(=O)C1NC2=CC3(c4cccc(OC)c4)CCNCC3CC2C1C. The Hall–Kier alpha value is -2.01. The van der Waals surface area contributed by atoms with E-state index in [2.05, 4.69) is 55.7 Å². The lowest BCUT2D eigenvalue weighted by Crippen LogP contribution is -2.50. The molecule has 1 aliphatic carbocycles. The van der Waals surface area contributed by atoms with E-state index in [1.807, 2.05) is 11.0 Å². The fraction of sp³-hybridized carbons (Fsp3) is 0.625. The molecule has 1 aromatic carbocycles. The van der Waals surface area contributed by atoms with Gasteiger partial charge < -0.3 is 20.3 Å². The lowest BCUT2D eigenvalue weighted by Gasteiger charge is -2.48. The van der Waals surface area contributed by atoms with Crippen LogP contribution in [0.2, 0.25) is 0 Å². The minimum Gasteiger partial charge on any atom is -0.497 e. The minimum absolute atomic E-state index is 0.00544. The number of nitrogens with zero attached hydrogens (tertiary/aromatic N) is 1. The first kappa shape index (κ1) is 20.3. The fourth-order valence-electron chi connectivity index (χ4n) is 5.84. The molecule has 158 valence electrons. The van der Waals surface area contributed by atoms with Gasteiger partial charge in [-0.25, -0.2) is 0 Å². The molecule has 2 saturated heterocycles. The van der Waals surface area contributed by atoms with Crippen molar-refractivity contribution in [2.24, 2.45) is 17.8 Å². The van der Waals surface area contributed by atoms with Gasteiger partial charge in [0.1, 0.15) is 11.8 Å². The van der Waals surface area contributed by atoms with E-state index >= 15 is 0 Å². The minimum atomic E-state index is -0.110. The number of hydrogen-bond donors (Lipinski definition) is 2. The molecule has 0 aromatic heterocycles. The van der Waals surface area contributed by atoms with E-state index in [1.165, 1.54) is 11.3 Å². The van der Waals surface area contributed by atoms with Crippen LogP contribution in [0.25, 0.3) is 0 Å². The summed E-state index contributed by atoms with van der Waals surface area (Å²) in [5.74, 6) is 2.44. The lowest BCUT2D eigenvalue weighted by molar-refractivity contribution is -0.133. The van der Waals surface area contributed by atoms with Crippen LogP contribution in [0, 0.1) is 17.8 Å².